The van der Waals surface area contributed by atoms with Gasteiger partial charge in [0.1, 0.15) is 6.04 Å². The summed E-state index contributed by atoms with van der Waals surface area (Å²) < 4.78 is 5.42. The number of ether oxygens (including phenoxy) is 1. The first-order chi connectivity index (χ1) is 16.6. The van der Waals surface area contributed by atoms with Crippen molar-refractivity contribution in [2.45, 2.75) is 44.1 Å². The molecule has 6 nitrogen and oxygen atoms in total. The number of nitrogens with zero attached hydrogens (tertiary/aromatic N) is 2. The highest BCUT2D eigenvalue weighted by Crippen LogP contribution is 2.61. The van der Waals surface area contributed by atoms with E-state index in [0.717, 1.165) is 35.1 Å². The Kier molecular flexibility index (Phi) is 5.29. The number of morpholine rings is 1. The van der Waals surface area contributed by atoms with Crippen molar-refractivity contribution in [2.24, 2.45) is 11.8 Å². The lowest BCUT2D eigenvalue weighted by atomic mass is 9.55. The lowest BCUT2D eigenvalue weighted by Crippen LogP contribution is -2.53. The first-order valence-electron chi connectivity index (χ1n) is 12.5. The van der Waals surface area contributed by atoms with Crippen molar-refractivity contribution in [1.29, 1.82) is 0 Å². The minimum Gasteiger partial charge on any atom is -0.378 e. The number of hydrogen-bond donors (Lipinski definition) is 0. The summed E-state index contributed by atoms with van der Waals surface area (Å²) in [7, 11) is 0. The van der Waals surface area contributed by atoms with Crippen molar-refractivity contribution in [3.05, 3.63) is 70.8 Å². The molecule has 2 bridgehead atoms. The van der Waals surface area contributed by atoms with Crippen molar-refractivity contribution in [1.82, 2.24) is 9.80 Å². The van der Waals surface area contributed by atoms with Crippen LogP contribution >= 0.6 is 0 Å². The summed E-state index contributed by atoms with van der Waals surface area (Å²) in [5.74, 6) is -1.62. The molecule has 0 radical (unpaired) electrons. The van der Waals surface area contributed by atoms with Gasteiger partial charge in [-0.3, -0.25) is 19.3 Å². The molecule has 2 saturated heterocycles. The van der Waals surface area contributed by atoms with E-state index in [1.807, 2.05) is 24.3 Å². The molecular formula is C28H30N2O4. The monoisotopic (exact) mass is 458 g/mol. The number of likely N-dealkylation sites (tertiary alicyclic amines) is 1. The average molecular weight is 459 g/mol. The Morgan fingerprint density at radius 1 is 0.882 bits per heavy atom. The minimum atomic E-state index is -0.728. The lowest BCUT2D eigenvalue weighted by molar-refractivity contribution is -0.153. The van der Waals surface area contributed by atoms with E-state index in [9.17, 15) is 14.4 Å². The number of amides is 3. The summed E-state index contributed by atoms with van der Waals surface area (Å²) in [5, 5.41) is 0. The third kappa shape index (κ3) is 3.01. The van der Waals surface area contributed by atoms with Crippen molar-refractivity contribution in [3.63, 3.8) is 0 Å². The number of rotatable bonds is 5. The zero-order chi connectivity index (χ0) is 23.4. The number of imide groups is 1. The van der Waals surface area contributed by atoms with E-state index in [1.54, 1.807) is 4.90 Å². The Bertz CT molecular complexity index is 1040. The summed E-state index contributed by atoms with van der Waals surface area (Å²) in [6, 6.07) is 15.8. The quantitative estimate of drug-likeness (QED) is 0.645. The Morgan fingerprint density at radius 3 is 1.79 bits per heavy atom. The van der Waals surface area contributed by atoms with Crippen molar-refractivity contribution in [3.8, 4) is 0 Å². The summed E-state index contributed by atoms with van der Waals surface area (Å²) in [6.45, 7) is 4.07. The Morgan fingerprint density at radius 2 is 1.35 bits per heavy atom. The van der Waals surface area contributed by atoms with E-state index in [0.29, 0.717) is 32.7 Å². The fraction of sp³-hybridized carbons (Fsp3) is 0.464. The molecule has 7 rings (SSSR count). The maximum atomic E-state index is 14.1. The number of carbonyl (C=O) groups is 3. The van der Waals surface area contributed by atoms with Gasteiger partial charge in [-0.2, -0.15) is 0 Å². The van der Waals surface area contributed by atoms with E-state index < -0.39 is 17.9 Å². The maximum Gasteiger partial charge on any atom is 0.246 e. The van der Waals surface area contributed by atoms with Gasteiger partial charge in [-0.25, -0.2) is 0 Å². The van der Waals surface area contributed by atoms with Crippen molar-refractivity contribution < 1.29 is 19.1 Å². The van der Waals surface area contributed by atoms with Crippen LogP contribution in [0, 0.1) is 11.8 Å². The molecule has 3 aliphatic carbocycles. The molecule has 6 heteroatoms. The van der Waals surface area contributed by atoms with Crippen LogP contribution in [-0.2, 0) is 19.1 Å². The molecule has 0 spiro atoms. The molecule has 2 fully saturated rings. The summed E-state index contributed by atoms with van der Waals surface area (Å²) in [4.78, 5) is 44.9. The van der Waals surface area contributed by atoms with E-state index in [2.05, 4.69) is 31.2 Å². The van der Waals surface area contributed by atoms with Gasteiger partial charge in [0, 0.05) is 24.9 Å². The van der Waals surface area contributed by atoms with Gasteiger partial charge in [0.25, 0.3) is 0 Å². The molecular weight excluding hydrogens is 428 g/mol. The molecule has 0 unspecified atom stereocenters. The highest BCUT2D eigenvalue weighted by Gasteiger charge is 2.63. The van der Waals surface area contributed by atoms with Crippen LogP contribution in [-0.4, -0.2) is 59.9 Å². The number of hydrogen-bond acceptors (Lipinski definition) is 4. The largest absolute Gasteiger partial charge is 0.378 e. The van der Waals surface area contributed by atoms with Crippen molar-refractivity contribution >= 4 is 17.7 Å². The predicted octanol–water partition coefficient (Wildman–Crippen LogP) is 3.30. The second-order valence-electron chi connectivity index (χ2n) is 9.91. The van der Waals surface area contributed by atoms with Gasteiger partial charge in [0.05, 0.1) is 25.0 Å². The summed E-state index contributed by atoms with van der Waals surface area (Å²) in [5.41, 5.74) is 4.61. The van der Waals surface area contributed by atoms with E-state index in [-0.39, 0.29) is 29.6 Å². The molecule has 2 aromatic carbocycles. The number of unbranched alkanes of at least 4 members (excludes halogenated alkanes) is 1. The van der Waals surface area contributed by atoms with Crippen LogP contribution in [0.4, 0.5) is 0 Å². The molecule has 2 aliphatic heterocycles. The normalized spacial score (nSPS) is 27.9. The molecule has 5 aliphatic rings. The zero-order valence-electron chi connectivity index (χ0n) is 19.5. The standard InChI is InChI=1S/C28H30N2O4/c1-2-3-12-21(26(31)29-13-15-34-16-14-29)30-27(32)24-22-17-8-4-5-9-18(17)23(25(24)28(30)33)20-11-7-6-10-19(20)22/h4-11,21-25H,2-3,12-16H2,1H3/t21-,22?,23?,24-,25-/m0/s1. The number of carbonyl (C=O) groups excluding carboxylic acids is 3. The van der Waals surface area contributed by atoms with E-state index in [1.165, 1.54) is 4.90 Å². The van der Waals surface area contributed by atoms with Gasteiger partial charge in [-0.1, -0.05) is 68.3 Å². The molecule has 0 saturated carbocycles. The third-order valence-electron chi connectivity index (χ3n) is 8.23. The smallest absolute Gasteiger partial charge is 0.246 e. The molecule has 34 heavy (non-hydrogen) atoms. The Balaban J connectivity index is 1.42. The molecule has 0 N–H and O–H groups in total. The van der Waals surface area contributed by atoms with Crippen LogP contribution < -0.4 is 0 Å². The van der Waals surface area contributed by atoms with Gasteiger partial charge in [0.2, 0.25) is 17.7 Å². The SMILES string of the molecule is CCCC[C@@H](C(=O)N1CCOCC1)N1C(=O)[C@H]2C3c4ccccc4C(c4ccccc43)[C@@H]2C1=O. The van der Waals surface area contributed by atoms with Crippen LogP contribution in [0.2, 0.25) is 0 Å². The molecule has 3 atom stereocenters. The fourth-order valence-electron chi connectivity index (χ4n) is 6.76. The third-order valence-corrected chi connectivity index (χ3v) is 8.23. The second kappa shape index (κ2) is 8.35. The zero-order valence-corrected chi connectivity index (χ0v) is 19.5. The second-order valence-corrected chi connectivity index (χ2v) is 9.91. The minimum absolute atomic E-state index is 0.112. The summed E-state index contributed by atoms with van der Waals surface area (Å²) >= 11 is 0. The van der Waals surface area contributed by atoms with Gasteiger partial charge in [0.15, 0.2) is 0 Å². The van der Waals surface area contributed by atoms with Crippen molar-refractivity contribution in [2.75, 3.05) is 26.3 Å². The van der Waals surface area contributed by atoms with Crippen LogP contribution in [0.5, 0.6) is 0 Å². The van der Waals surface area contributed by atoms with Gasteiger partial charge in [-0.15, -0.1) is 0 Å². The predicted molar refractivity (Wildman–Crippen MR) is 126 cm³/mol. The highest BCUT2D eigenvalue weighted by molar-refractivity contribution is 6.10. The van der Waals surface area contributed by atoms with E-state index >= 15 is 0 Å². The molecule has 176 valence electrons. The van der Waals surface area contributed by atoms with Crippen LogP contribution in [0.25, 0.3) is 0 Å². The fourth-order valence-corrected chi connectivity index (χ4v) is 6.76. The van der Waals surface area contributed by atoms with Crippen LogP contribution in [0.3, 0.4) is 0 Å². The summed E-state index contributed by atoms with van der Waals surface area (Å²) in [6.07, 6.45) is 2.21. The first-order valence-corrected chi connectivity index (χ1v) is 12.5. The topological polar surface area (TPSA) is 66.9 Å². The molecule has 2 heterocycles. The Labute approximate surface area is 199 Å². The van der Waals surface area contributed by atoms with Gasteiger partial charge >= 0.3 is 0 Å². The molecule has 2 aromatic rings. The molecule has 0 aromatic heterocycles. The molecule has 3 amide bonds. The number of benzene rings is 2. The van der Waals surface area contributed by atoms with Gasteiger partial charge in [-0.05, 0) is 28.7 Å². The average Bonchev–Trinajstić information content (AvgIpc) is 3.15. The van der Waals surface area contributed by atoms with E-state index in [4.69, 9.17) is 4.74 Å². The lowest BCUT2D eigenvalue weighted by Gasteiger charge is -2.45. The first kappa shape index (κ1) is 21.5. The van der Waals surface area contributed by atoms with Gasteiger partial charge < -0.3 is 9.64 Å². The Hall–Kier alpha value is -2.99. The van der Waals surface area contributed by atoms with Crippen LogP contribution in [0.1, 0.15) is 60.3 Å². The van der Waals surface area contributed by atoms with Crippen LogP contribution in [0.15, 0.2) is 48.5 Å². The highest BCUT2D eigenvalue weighted by atomic mass is 16.5. The maximum absolute atomic E-state index is 14.1.